The van der Waals surface area contributed by atoms with Crippen LogP contribution in [0.15, 0.2) is 36.5 Å². The Hall–Kier alpha value is -1.70. The number of ketones is 1. The highest BCUT2D eigenvalue weighted by Gasteiger charge is 2.12. The summed E-state index contributed by atoms with van der Waals surface area (Å²) >= 11 is 0. The van der Waals surface area contributed by atoms with Crippen molar-refractivity contribution in [2.45, 2.75) is 26.7 Å². The third-order valence-corrected chi connectivity index (χ3v) is 3.18. The van der Waals surface area contributed by atoms with Gasteiger partial charge in [-0.25, -0.2) is 0 Å². The van der Waals surface area contributed by atoms with Crippen LogP contribution in [0.4, 0.5) is 0 Å². The molecule has 2 rings (SSSR count). The Balaban J connectivity index is 2.38. The zero-order valence-electron chi connectivity index (χ0n) is 10.3. The minimum absolute atomic E-state index is 0.220. The van der Waals surface area contributed by atoms with Crippen molar-refractivity contribution in [2.75, 3.05) is 0 Å². The Morgan fingerprint density at radius 1 is 1.29 bits per heavy atom. The molecule has 0 N–H and O–H groups in total. The van der Waals surface area contributed by atoms with Crippen LogP contribution in [0.5, 0.6) is 0 Å². The number of fused-ring (bicyclic) bond motifs is 1. The van der Waals surface area contributed by atoms with E-state index < -0.39 is 0 Å². The third kappa shape index (κ3) is 2.52. The number of pyridine rings is 1. The first kappa shape index (κ1) is 11.8. The lowest BCUT2D eigenvalue weighted by atomic mass is 9.96. The summed E-state index contributed by atoms with van der Waals surface area (Å²) in [6, 6.07) is 9.62. The second-order valence-corrected chi connectivity index (χ2v) is 4.52. The van der Waals surface area contributed by atoms with Gasteiger partial charge in [0, 0.05) is 23.6 Å². The average Bonchev–Trinajstić information content (AvgIpc) is 2.37. The number of carbonyl (C=O) groups excluding carboxylic acids is 1. The average molecular weight is 227 g/mol. The van der Waals surface area contributed by atoms with Crippen molar-refractivity contribution in [3.8, 4) is 0 Å². The smallest absolute Gasteiger partial charge is 0.163 e. The molecule has 1 atom stereocenters. The lowest BCUT2D eigenvalue weighted by Gasteiger charge is -2.09. The molecular formula is C15H17NO. The van der Waals surface area contributed by atoms with Gasteiger partial charge in [0.2, 0.25) is 0 Å². The molecule has 0 aliphatic rings. The molecule has 0 aliphatic carbocycles. The van der Waals surface area contributed by atoms with E-state index in [-0.39, 0.29) is 5.78 Å². The van der Waals surface area contributed by atoms with Crippen LogP contribution in [0.3, 0.4) is 0 Å². The molecule has 0 radical (unpaired) electrons. The van der Waals surface area contributed by atoms with Gasteiger partial charge >= 0.3 is 0 Å². The summed E-state index contributed by atoms with van der Waals surface area (Å²) in [6.45, 7) is 4.23. The van der Waals surface area contributed by atoms with E-state index in [2.05, 4.69) is 18.8 Å². The number of nitrogens with zero attached hydrogens (tertiary/aromatic N) is 1. The summed E-state index contributed by atoms with van der Waals surface area (Å²) < 4.78 is 0. The Morgan fingerprint density at radius 3 is 2.82 bits per heavy atom. The van der Waals surface area contributed by atoms with E-state index in [0.29, 0.717) is 12.3 Å². The Bertz CT molecular complexity index is 528. The van der Waals surface area contributed by atoms with Crippen LogP contribution in [0.1, 0.15) is 37.0 Å². The number of hydrogen-bond acceptors (Lipinski definition) is 2. The van der Waals surface area contributed by atoms with Gasteiger partial charge in [0.05, 0.1) is 5.52 Å². The lowest BCUT2D eigenvalue weighted by Crippen LogP contribution is -2.06. The highest BCUT2D eigenvalue weighted by atomic mass is 16.1. The fourth-order valence-electron chi connectivity index (χ4n) is 1.91. The van der Waals surface area contributed by atoms with E-state index in [1.165, 1.54) is 0 Å². The monoisotopic (exact) mass is 227 g/mol. The number of hydrogen-bond donors (Lipinski definition) is 0. The molecule has 1 heterocycles. The second kappa shape index (κ2) is 5.09. The van der Waals surface area contributed by atoms with Crippen molar-refractivity contribution in [1.82, 2.24) is 4.98 Å². The van der Waals surface area contributed by atoms with Crippen LogP contribution >= 0.6 is 0 Å². The summed E-state index contributed by atoms with van der Waals surface area (Å²) in [6.07, 6.45) is 3.37. The molecule has 0 saturated carbocycles. The maximum absolute atomic E-state index is 12.2. The number of aromatic nitrogens is 1. The number of Topliss-reactive ketones (excluding diaryl/α,β-unsaturated/α-hetero) is 1. The van der Waals surface area contributed by atoms with Gasteiger partial charge in [-0.1, -0.05) is 38.5 Å². The molecule has 0 spiro atoms. The van der Waals surface area contributed by atoms with E-state index in [1.807, 2.05) is 30.3 Å². The lowest BCUT2D eigenvalue weighted by molar-refractivity contribution is 0.0965. The first-order chi connectivity index (χ1) is 8.22. The minimum atomic E-state index is 0.220. The zero-order valence-corrected chi connectivity index (χ0v) is 10.3. The summed E-state index contributed by atoms with van der Waals surface area (Å²) in [5, 5.41) is 0.961. The van der Waals surface area contributed by atoms with Gasteiger partial charge in [0.25, 0.3) is 0 Å². The maximum Gasteiger partial charge on any atom is 0.163 e. The number of carbonyl (C=O) groups is 1. The molecule has 0 aliphatic heterocycles. The van der Waals surface area contributed by atoms with Crippen LogP contribution in [0.25, 0.3) is 10.9 Å². The van der Waals surface area contributed by atoms with Gasteiger partial charge in [-0.05, 0) is 18.1 Å². The molecule has 1 aromatic heterocycles. The second-order valence-electron chi connectivity index (χ2n) is 4.52. The van der Waals surface area contributed by atoms with Gasteiger partial charge in [-0.2, -0.15) is 0 Å². The molecule has 0 saturated heterocycles. The molecule has 0 amide bonds. The molecular weight excluding hydrogens is 210 g/mol. The molecule has 2 heteroatoms. The first-order valence-corrected chi connectivity index (χ1v) is 6.09. The Labute approximate surface area is 102 Å². The summed E-state index contributed by atoms with van der Waals surface area (Å²) in [5.74, 6) is 0.660. The number of para-hydroxylation sites is 1. The van der Waals surface area contributed by atoms with E-state index in [1.54, 1.807) is 6.20 Å². The standard InChI is InChI=1S/C15H17NO/c1-3-11(2)10-15(17)13-8-9-16-14-7-5-4-6-12(13)14/h4-9,11H,3,10H2,1-2H3. The molecule has 0 fully saturated rings. The number of benzene rings is 1. The van der Waals surface area contributed by atoms with Crippen LogP contribution < -0.4 is 0 Å². The quantitative estimate of drug-likeness (QED) is 0.742. The van der Waals surface area contributed by atoms with Crippen molar-refractivity contribution in [3.63, 3.8) is 0 Å². The van der Waals surface area contributed by atoms with E-state index in [9.17, 15) is 4.79 Å². The van der Waals surface area contributed by atoms with E-state index in [4.69, 9.17) is 0 Å². The van der Waals surface area contributed by atoms with Gasteiger partial charge in [0.1, 0.15) is 0 Å². The first-order valence-electron chi connectivity index (χ1n) is 6.09. The molecule has 2 aromatic rings. The van der Waals surface area contributed by atoms with E-state index >= 15 is 0 Å². The third-order valence-electron chi connectivity index (χ3n) is 3.18. The minimum Gasteiger partial charge on any atom is -0.294 e. The Kier molecular flexibility index (Phi) is 3.52. The van der Waals surface area contributed by atoms with E-state index in [0.717, 1.165) is 22.9 Å². The highest BCUT2D eigenvalue weighted by molar-refractivity contribution is 6.07. The van der Waals surface area contributed by atoms with Gasteiger partial charge in [0.15, 0.2) is 5.78 Å². The van der Waals surface area contributed by atoms with Gasteiger partial charge < -0.3 is 0 Å². The van der Waals surface area contributed by atoms with Crippen molar-refractivity contribution in [3.05, 3.63) is 42.1 Å². The predicted octanol–water partition coefficient (Wildman–Crippen LogP) is 3.85. The summed E-state index contributed by atoms with van der Waals surface area (Å²) in [7, 11) is 0. The topological polar surface area (TPSA) is 30.0 Å². The van der Waals surface area contributed by atoms with Crippen molar-refractivity contribution in [2.24, 2.45) is 5.92 Å². The van der Waals surface area contributed by atoms with Gasteiger partial charge in [-0.15, -0.1) is 0 Å². The fourth-order valence-corrected chi connectivity index (χ4v) is 1.91. The Morgan fingerprint density at radius 2 is 2.06 bits per heavy atom. The van der Waals surface area contributed by atoms with Crippen molar-refractivity contribution < 1.29 is 4.79 Å². The summed E-state index contributed by atoms with van der Waals surface area (Å²) in [4.78, 5) is 16.5. The van der Waals surface area contributed by atoms with Crippen LogP contribution in [-0.4, -0.2) is 10.8 Å². The maximum atomic E-state index is 12.2. The van der Waals surface area contributed by atoms with Crippen LogP contribution in [0.2, 0.25) is 0 Å². The highest BCUT2D eigenvalue weighted by Crippen LogP contribution is 2.20. The van der Waals surface area contributed by atoms with Crippen molar-refractivity contribution >= 4 is 16.7 Å². The largest absolute Gasteiger partial charge is 0.294 e. The molecule has 17 heavy (non-hydrogen) atoms. The molecule has 1 aromatic carbocycles. The van der Waals surface area contributed by atoms with Crippen molar-refractivity contribution in [1.29, 1.82) is 0 Å². The van der Waals surface area contributed by atoms with Gasteiger partial charge in [-0.3, -0.25) is 9.78 Å². The summed E-state index contributed by atoms with van der Waals surface area (Å²) in [5.41, 5.74) is 1.69. The fraction of sp³-hybridized carbons (Fsp3) is 0.333. The zero-order chi connectivity index (χ0) is 12.3. The van der Waals surface area contributed by atoms with Crippen LogP contribution in [-0.2, 0) is 0 Å². The SMILES string of the molecule is CCC(C)CC(=O)c1ccnc2ccccc12. The molecule has 88 valence electrons. The predicted molar refractivity (Wildman–Crippen MR) is 70.1 cm³/mol. The molecule has 1 unspecified atom stereocenters. The van der Waals surface area contributed by atoms with Crippen LogP contribution in [0, 0.1) is 5.92 Å². The molecule has 2 nitrogen and oxygen atoms in total. The normalized spacial score (nSPS) is 12.6. The molecule has 0 bridgehead atoms. The number of rotatable bonds is 4.